The number of carbonyl (C=O) groups is 1. The van der Waals surface area contributed by atoms with Gasteiger partial charge in [-0.3, -0.25) is 4.79 Å². The molecule has 5 nitrogen and oxygen atoms in total. The van der Waals surface area contributed by atoms with Gasteiger partial charge in [0.15, 0.2) is 0 Å². The van der Waals surface area contributed by atoms with Crippen molar-refractivity contribution in [2.45, 2.75) is 51.0 Å². The number of amides is 1. The van der Waals surface area contributed by atoms with E-state index >= 15 is 0 Å². The average molecular weight is 682 g/mol. The van der Waals surface area contributed by atoms with Gasteiger partial charge < -0.3 is 20.6 Å². The summed E-state index contributed by atoms with van der Waals surface area (Å²) < 4.78 is 29.0. The molecule has 0 spiro atoms. The van der Waals surface area contributed by atoms with E-state index in [-0.39, 0.29) is 18.9 Å². The maximum Gasteiger partial charge on any atom is 0.227 e. The predicted octanol–water partition coefficient (Wildman–Crippen LogP) is 6.07. The molecule has 1 heterocycles. The molecule has 1 aliphatic heterocycles. The number of anilines is 1. The monoisotopic (exact) mass is 681 g/mol. The van der Waals surface area contributed by atoms with Crippen LogP contribution >= 0.6 is 22.6 Å². The molecular weight excluding hydrogens is 647 g/mol. The fraction of sp³-hybridized carbons (Fsp3) is 0.265. The van der Waals surface area contributed by atoms with Crippen LogP contribution in [0.1, 0.15) is 40.7 Å². The number of hydrogen-bond acceptors (Lipinski definition) is 4. The fourth-order valence-electron chi connectivity index (χ4n) is 5.37. The van der Waals surface area contributed by atoms with E-state index < -0.39 is 29.7 Å². The second-order valence-corrected chi connectivity index (χ2v) is 12.1. The van der Waals surface area contributed by atoms with Crippen LogP contribution in [0.2, 0.25) is 0 Å². The van der Waals surface area contributed by atoms with Crippen molar-refractivity contribution in [1.82, 2.24) is 10.6 Å². The molecule has 0 fully saturated rings. The van der Waals surface area contributed by atoms with Crippen LogP contribution in [0.25, 0.3) is 0 Å². The highest BCUT2D eigenvalue weighted by molar-refractivity contribution is 14.1. The molecule has 1 amide bonds. The van der Waals surface area contributed by atoms with Gasteiger partial charge in [-0.15, -0.1) is 0 Å². The SMILES string of the molecule is CC(C(=O)N[C@@H](Cc1cc(F)cc(F)c1)[C@H](O)CNCc1cccc(I)c1)c1ccc(N2Cc3ccccc3C2)cc1. The summed E-state index contributed by atoms with van der Waals surface area (Å²) in [4.78, 5) is 15.7. The molecule has 218 valence electrons. The molecule has 3 N–H and O–H groups in total. The van der Waals surface area contributed by atoms with Crippen molar-refractivity contribution in [2.75, 3.05) is 11.4 Å². The second-order valence-electron chi connectivity index (χ2n) is 10.9. The van der Waals surface area contributed by atoms with Crippen molar-refractivity contribution in [3.8, 4) is 0 Å². The molecule has 0 radical (unpaired) electrons. The fourth-order valence-corrected chi connectivity index (χ4v) is 5.98. The third-order valence-corrected chi connectivity index (χ3v) is 8.41. The van der Waals surface area contributed by atoms with Gasteiger partial charge in [0.05, 0.1) is 18.1 Å². The Hall–Kier alpha value is -3.34. The Morgan fingerprint density at radius 2 is 1.57 bits per heavy atom. The van der Waals surface area contributed by atoms with Crippen molar-refractivity contribution in [1.29, 1.82) is 0 Å². The summed E-state index contributed by atoms with van der Waals surface area (Å²) in [5.74, 6) is -2.16. The minimum absolute atomic E-state index is 0.0771. The molecule has 0 aliphatic carbocycles. The molecule has 0 saturated heterocycles. The van der Waals surface area contributed by atoms with Crippen LogP contribution in [0.4, 0.5) is 14.5 Å². The highest BCUT2D eigenvalue weighted by Gasteiger charge is 2.26. The summed E-state index contributed by atoms with van der Waals surface area (Å²) in [7, 11) is 0. The van der Waals surface area contributed by atoms with E-state index in [2.05, 4.69) is 62.4 Å². The molecule has 4 aromatic carbocycles. The van der Waals surface area contributed by atoms with Crippen LogP contribution in [-0.2, 0) is 30.8 Å². The van der Waals surface area contributed by atoms with E-state index in [0.29, 0.717) is 12.1 Å². The van der Waals surface area contributed by atoms with Gasteiger partial charge in [-0.2, -0.15) is 0 Å². The number of rotatable bonds is 11. The molecule has 1 unspecified atom stereocenters. The lowest BCUT2D eigenvalue weighted by Crippen LogP contribution is -2.49. The van der Waals surface area contributed by atoms with Gasteiger partial charge in [-0.1, -0.05) is 48.5 Å². The Balaban J connectivity index is 1.24. The highest BCUT2D eigenvalue weighted by atomic mass is 127. The van der Waals surface area contributed by atoms with Gasteiger partial charge in [-0.05, 0) is 100 Å². The van der Waals surface area contributed by atoms with Crippen LogP contribution in [-0.4, -0.2) is 29.7 Å². The summed E-state index contributed by atoms with van der Waals surface area (Å²) in [6.45, 7) is 4.24. The number of aliphatic hydroxyl groups is 1. The normalized spacial score (nSPS) is 14.7. The molecule has 1 aliphatic rings. The number of halogens is 3. The molecule has 42 heavy (non-hydrogen) atoms. The summed E-state index contributed by atoms with van der Waals surface area (Å²) in [5, 5.41) is 17.3. The average Bonchev–Trinajstić information content (AvgIpc) is 3.40. The Morgan fingerprint density at radius 1 is 0.905 bits per heavy atom. The van der Waals surface area contributed by atoms with Crippen LogP contribution in [0.5, 0.6) is 0 Å². The van der Waals surface area contributed by atoms with Crippen LogP contribution < -0.4 is 15.5 Å². The van der Waals surface area contributed by atoms with Crippen molar-refractivity contribution in [2.24, 2.45) is 0 Å². The number of benzene rings is 4. The van der Waals surface area contributed by atoms with E-state index in [1.54, 1.807) is 0 Å². The van der Waals surface area contributed by atoms with E-state index in [1.807, 2.05) is 55.5 Å². The minimum atomic E-state index is -0.991. The lowest BCUT2D eigenvalue weighted by atomic mass is 9.96. The second kappa shape index (κ2) is 13.8. The van der Waals surface area contributed by atoms with Crippen molar-refractivity contribution < 1.29 is 18.7 Å². The zero-order chi connectivity index (χ0) is 29.6. The van der Waals surface area contributed by atoms with Gasteiger partial charge in [0.2, 0.25) is 5.91 Å². The Labute approximate surface area is 259 Å². The number of aliphatic hydroxyl groups excluding tert-OH is 1. The third-order valence-electron chi connectivity index (χ3n) is 7.73. The predicted molar refractivity (Wildman–Crippen MR) is 170 cm³/mol. The molecule has 4 aromatic rings. The van der Waals surface area contributed by atoms with Crippen molar-refractivity contribution >= 4 is 34.2 Å². The molecule has 3 atom stereocenters. The molecule has 0 saturated carbocycles. The quantitative estimate of drug-likeness (QED) is 0.168. The summed E-state index contributed by atoms with van der Waals surface area (Å²) in [5.41, 5.74) is 6.00. The largest absolute Gasteiger partial charge is 0.390 e. The first-order valence-electron chi connectivity index (χ1n) is 14.1. The number of fused-ring (bicyclic) bond motifs is 1. The third kappa shape index (κ3) is 7.73. The van der Waals surface area contributed by atoms with Gasteiger partial charge in [0.1, 0.15) is 11.6 Å². The van der Waals surface area contributed by atoms with Crippen molar-refractivity contribution in [3.05, 3.63) is 134 Å². The number of nitrogens with one attached hydrogen (secondary N) is 2. The molecule has 0 aromatic heterocycles. The molecule has 0 bridgehead atoms. The maximum atomic E-state index is 13.9. The van der Waals surface area contributed by atoms with Crippen molar-refractivity contribution in [3.63, 3.8) is 0 Å². The van der Waals surface area contributed by atoms with Crippen LogP contribution in [0.15, 0.2) is 91.0 Å². The van der Waals surface area contributed by atoms with E-state index in [9.17, 15) is 18.7 Å². The van der Waals surface area contributed by atoms with Gasteiger partial charge in [0.25, 0.3) is 0 Å². The molecule has 8 heteroatoms. The Kier molecular flexibility index (Phi) is 9.87. The van der Waals surface area contributed by atoms with Crippen LogP contribution in [0, 0.1) is 15.2 Å². The molecular formula is C34H34F2IN3O2. The topological polar surface area (TPSA) is 64.6 Å². The molecule has 5 rings (SSSR count). The van der Waals surface area contributed by atoms with E-state index in [0.717, 1.165) is 39.5 Å². The maximum absolute atomic E-state index is 13.9. The van der Waals surface area contributed by atoms with Gasteiger partial charge in [0, 0.05) is 41.5 Å². The lowest BCUT2D eigenvalue weighted by Gasteiger charge is -2.27. The highest BCUT2D eigenvalue weighted by Crippen LogP contribution is 2.29. The Bertz CT molecular complexity index is 1490. The number of carbonyl (C=O) groups excluding carboxylic acids is 1. The lowest BCUT2D eigenvalue weighted by molar-refractivity contribution is -0.123. The Morgan fingerprint density at radius 3 is 2.21 bits per heavy atom. The summed E-state index contributed by atoms with van der Waals surface area (Å²) in [6.07, 6.45) is -0.914. The summed E-state index contributed by atoms with van der Waals surface area (Å²) in [6, 6.07) is 26.9. The minimum Gasteiger partial charge on any atom is -0.390 e. The van der Waals surface area contributed by atoms with Crippen LogP contribution in [0.3, 0.4) is 0 Å². The smallest absolute Gasteiger partial charge is 0.227 e. The summed E-state index contributed by atoms with van der Waals surface area (Å²) >= 11 is 2.25. The first-order valence-corrected chi connectivity index (χ1v) is 15.1. The first kappa shape index (κ1) is 30.1. The van der Waals surface area contributed by atoms with E-state index in [1.165, 1.54) is 23.3 Å². The number of hydrogen-bond donors (Lipinski definition) is 3. The standard InChI is InChI=1S/C34H34F2IN3O2/c1-22(25-9-11-31(12-10-25)40-20-26-6-2-3-7-27(26)21-40)34(42)39-32(16-24-13-28(35)17-29(36)14-24)33(41)19-38-18-23-5-4-8-30(37)15-23/h2-15,17,22,32-33,38,41H,16,18-21H2,1H3,(H,39,42)/t22?,32-,33+/m0/s1. The zero-order valence-electron chi connectivity index (χ0n) is 23.4. The van der Waals surface area contributed by atoms with Gasteiger partial charge >= 0.3 is 0 Å². The van der Waals surface area contributed by atoms with Gasteiger partial charge in [-0.25, -0.2) is 8.78 Å². The number of nitrogens with zero attached hydrogens (tertiary/aromatic N) is 1. The first-order chi connectivity index (χ1) is 20.2. The van der Waals surface area contributed by atoms with E-state index in [4.69, 9.17) is 0 Å². The zero-order valence-corrected chi connectivity index (χ0v) is 25.5.